The first-order valence-corrected chi connectivity index (χ1v) is 6.70. The first kappa shape index (κ1) is 15.3. The van der Waals surface area contributed by atoms with Crippen LogP contribution < -0.4 is 10.6 Å². The van der Waals surface area contributed by atoms with Crippen LogP contribution >= 0.6 is 0 Å². The maximum Gasteiger partial charge on any atom is 0.314 e. The molecule has 22 heavy (non-hydrogen) atoms. The number of benzene rings is 2. The minimum atomic E-state index is -0.817. The summed E-state index contributed by atoms with van der Waals surface area (Å²) in [5.74, 6) is -1.60. The zero-order chi connectivity index (χ0) is 16.1. The van der Waals surface area contributed by atoms with Crippen LogP contribution in [-0.4, -0.2) is 11.8 Å². The van der Waals surface area contributed by atoms with Crippen LogP contribution in [0, 0.1) is 25.2 Å². The van der Waals surface area contributed by atoms with Crippen LogP contribution in [0.4, 0.5) is 11.4 Å². The van der Waals surface area contributed by atoms with Gasteiger partial charge in [0, 0.05) is 5.69 Å². The van der Waals surface area contributed by atoms with Gasteiger partial charge in [-0.3, -0.25) is 9.59 Å². The number of hydrogen-bond acceptors (Lipinski definition) is 3. The summed E-state index contributed by atoms with van der Waals surface area (Å²) in [5.41, 5.74) is 3.14. The smallest absolute Gasteiger partial charge is 0.314 e. The molecule has 0 radical (unpaired) electrons. The summed E-state index contributed by atoms with van der Waals surface area (Å²) in [6.45, 7) is 3.80. The lowest BCUT2D eigenvalue weighted by atomic mass is 10.1. The standard InChI is InChI=1S/C17H15N3O2/c1-11-7-8-14(12(2)9-11)19-16(21)17(22)20-15-6-4-3-5-13(15)10-18/h3-9H,1-2H3,(H,19,21)(H,20,22). The molecule has 2 amide bonds. The molecule has 0 aliphatic carbocycles. The zero-order valence-corrected chi connectivity index (χ0v) is 12.3. The van der Waals surface area contributed by atoms with E-state index in [1.54, 1.807) is 30.3 Å². The summed E-state index contributed by atoms with van der Waals surface area (Å²) in [4.78, 5) is 23.9. The summed E-state index contributed by atoms with van der Waals surface area (Å²) in [6.07, 6.45) is 0. The minimum absolute atomic E-state index is 0.301. The van der Waals surface area contributed by atoms with Crippen molar-refractivity contribution >= 4 is 23.2 Å². The molecule has 0 spiro atoms. The van der Waals surface area contributed by atoms with E-state index >= 15 is 0 Å². The Morgan fingerprint density at radius 3 is 2.23 bits per heavy atom. The third-order valence-electron chi connectivity index (χ3n) is 3.13. The molecule has 0 saturated carbocycles. The summed E-state index contributed by atoms with van der Waals surface area (Å²) in [5, 5.41) is 14.0. The van der Waals surface area contributed by atoms with Crippen LogP contribution in [0.3, 0.4) is 0 Å². The van der Waals surface area contributed by atoms with Gasteiger partial charge in [0.05, 0.1) is 11.3 Å². The van der Waals surface area contributed by atoms with Crippen LogP contribution in [0.15, 0.2) is 42.5 Å². The van der Waals surface area contributed by atoms with Crippen molar-refractivity contribution in [1.82, 2.24) is 0 Å². The second-order valence-electron chi connectivity index (χ2n) is 4.88. The van der Waals surface area contributed by atoms with Gasteiger partial charge in [-0.1, -0.05) is 29.8 Å². The predicted octanol–water partition coefficient (Wildman–Crippen LogP) is 2.75. The molecule has 0 aliphatic heterocycles. The SMILES string of the molecule is Cc1ccc(NC(=O)C(=O)Nc2ccccc2C#N)c(C)c1. The molecule has 0 heterocycles. The van der Waals surface area contributed by atoms with Crippen molar-refractivity contribution in [3.05, 3.63) is 59.2 Å². The summed E-state index contributed by atoms with van der Waals surface area (Å²) >= 11 is 0. The second-order valence-corrected chi connectivity index (χ2v) is 4.88. The molecular weight excluding hydrogens is 278 g/mol. The highest BCUT2D eigenvalue weighted by Gasteiger charge is 2.16. The first-order valence-electron chi connectivity index (χ1n) is 6.70. The predicted molar refractivity (Wildman–Crippen MR) is 84.3 cm³/mol. The third-order valence-corrected chi connectivity index (χ3v) is 3.13. The third kappa shape index (κ3) is 3.49. The Morgan fingerprint density at radius 2 is 1.59 bits per heavy atom. The van der Waals surface area contributed by atoms with Crippen molar-refractivity contribution in [2.75, 3.05) is 10.6 Å². The summed E-state index contributed by atoms with van der Waals surface area (Å²) in [6, 6.07) is 14.0. The molecule has 0 atom stereocenters. The molecule has 0 unspecified atom stereocenters. The topological polar surface area (TPSA) is 82.0 Å². The maximum atomic E-state index is 11.9. The summed E-state index contributed by atoms with van der Waals surface area (Å²) in [7, 11) is 0. The van der Waals surface area contributed by atoms with Gasteiger partial charge in [0.25, 0.3) is 0 Å². The monoisotopic (exact) mass is 293 g/mol. The van der Waals surface area contributed by atoms with Crippen molar-refractivity contribution in [1.29, 1.82) is 5.26 Å². The van der Waals surface area contributed by atoms with E-state index in [9.17, 15) is 9.59 Å². The van der Waals surface area contributed by atoms with Crippen molar-refractivity contribution in [3.63, 3.8) is 0 Å². The van der Waals surface area contributed by atoms with E-state index in [1.165, 1.54) is 0 Å². The van der Waals surface area contributed by atoms with Crippen molar-refractivity contribution in [2.45, 2.75) is 13.8 Å². The Labute approximate surface area is 128 Å². The van der Waals surface area contributed by atoms with Gasteiger partial charge in [0.2, 0.25) is 0 Å². The van der Waals surface area contributed by atoms with Crippen LogP contribution in [0.5, 0.6) is 0 Å². The number of nitriles is 1. The number of para-hydroxylation sites is 1. The Balaban J connectivity index is 2.10. The number of carbonyl (C=O) groups is 2. The number of amides is 2. The number of rotatable bonds is 2. The molecule has 110 valence electrons. The lowest BCUT2D eigenvalue weighted by Crippen LogP contribution is -2.29. The van der Waals surface area contributed by atoms with Gasteiger partial charge in [-0.2, -0.15) is 5.26 Å². The van der Waals surface area contributed by atoms with Gasteiger partial charge in [-0.05, 0) is 37.6 Å². The van der Waals surface area contributed by atoms with Crippen LogP contribution in [0.1, 0.15) is 16.7 Å². The molecular formula is C17H15N3O2. The lowest BCUT2D eigenvalue weighted by molar-refractivity contribution is -0.133. The average molecular weight is 293 g/mol. The maximum absolute atomic E-state index is 11.9. The number of anilines is 2. The van der Waals surface area contributed by atoms with Crippen molar-refractivity contribution < 1.29 is 9.59 Å². The second kappa shape index (κ2) is 6.55. The summed E-state index contributed by atoms with van der Waals surface area (Å²) < 4.78 is 0. The molecule has 2 aromatic carbocycles. The zero-order valence-electron chi connectivity index (χ0n) is 12.3. The van der Waals surface area contributed by atoms with Crippen LogP contribution in [0.25, 0.3) is 0 Å². The highest BCUT2D eigenvalue weighted by atomic mass is 16.2. The molecule has 5 heteroatoms. The van der Waals surface area contributed by atoms with Gasteiger partial charge >= 0.3 is 11.8 Å². The van der Waals surface area contributed by atoms with E-state index in [-0.39, 0.29) is 0 Å². The van der Waals surface area contributed by atoms with E-state index in [0.29, 0.717) is 16.9 Å². The molecule has 0 aromatic heterocycles. The molecule has 2 N–H and O–H groups in total. The minimum Gasteiger partial charge on any atom is -0.318 e. The lowest BCUT2D eigenvalue weighted by Gasteiger charge is -2.10. The number of nitrogens with zero attached hydrogens (tertiary/aromatic N) is 1. The van der Waals surface area contributed by atoms with E-state index in [1.807, 2.05) is 32.0 Å². The Bertz CT molecular complexity index is 776. The first-order chi connectivity index (χ1) is 10.5. The fourth-order valence-electron chi connectivity index (χ4n) is 2.00. The largest absolute Gasteiger partial charge is 0.318 e. The van der Waals surface area contributed by atoms with E-state index < -0.39 is 11.8 Å². The van der Waals surface area contributed by atoms with Gasteiger partial charge < -0.3 is 10.6 Å². The highest BCUT2D eigenvalue weighted by Crippen LogP contribution is 2.17. The van der Waals surface area contributed by atoms with Gasteiger partial charge in [-0.25, -0.2) is 0 Å². The highest BCUT2D eigenvalue weighted by molar-refractivity contribution is 6.43. The molecule has 2 aromatic rings. The molecule has 0 aliphatic rings. The van der Waals surface area contributed by atoms with Gasteiger partial charge in [0.1, 0.15) is 6.07 Å². The van der Waals surface area contributed by atoms with Crippen molar-refractivity contribution in [3.8, 4) is 6.07 Å². The number of carbonyl (C=O) groups excluding carboxylic acids is 2. The fraction of sp³-hybridized carbons (Fsp3) is 0.118. The normalized spacial score (nSPS) is 9.68. The van der Waals surface area contributed by atoms with Gasteiger partial charge in [0.15, 0.2) is 0 Å². The van der Waals surface area contributed by atoms with E-state index in [2.05, 4.69) is 10.6 Å². The number of aryl methyl sites for hydroxylation is 2. The Morgan fingerprint density at radius 1 is 0.955 bits per heavy atom. The number of hydrogen-bond donors (Lipinski definition) is 2. The van der Waals surface area contributed by atoms with Gasteiger partial charge in [-0.15, -0.1) is 0 Å². The van der Waals surface area contributed by atoms with E-state index in [0.717, 1.165) is 11.1 Å². The Hall–Kier alpha value is -3.13. The van der Waals surface area contributed by atoms with Crippen LogP contribution in [0.2, 0.25) is 0 Å². The number of nitrogens with one attached hydrogen (secondary N) is 2. The molecule has 2 rings (SSSR count). The van der Waals surface area contributed by atoms with E-state index in [4.69, 9.17) is 5.26 Å². The molecule has 0 saturated heterocycles. The molecule has 0 fully saturated rings. The van der Waals surface area contributed by atoms with Crippen LogP contribution in [-0.2, 0) is 9.59 Å². The molecule has 0 bridgehead atoms. The Kier molecular flexibility index (Phi) is 4.54. The quantitative estimate of drug-likeness (QED) is 0.835. The van der Waals surface area contributed by atoms with Crippen molar-refractivity contribution in [2.24, 2.45) is 0 Å². The average Bonchev–Trinajstić information content (AvgIpc) is 2.50. The fourth-order valence-corrected chi connectivity index (χ4v) is 2.00. The molecule has 5 nitrogen and oxygen atoms in total.